The first-order chi connectivity index (χ1) is 8.49. The molecule has 1 heterocycles. The van der Waals surface area contributed by atoms with E-state index in [-0.39, 0.29) is 10.6 Å². The predicted octanol–water partition coefficient (Wildman–Crippen LogP) is 3.52. The van der Waals surface area contributed by atoms with Gasteiger partial charge in [0.15, 0.2) is 0 Å². The van der Waals surface area contributed by atoms with E-state index in [1.165, 1.54) is 0 Å². The van der Waals surface area contributed by atoms with Gasteiger partial charge in [-0.05, 0) is 37.7 Å². The lowest BCUT2D eigenvalue weighted by molar-refractivity contribution is -0.385. The molecule has 0 spiro atoms. The predicted molar refractivity (Wildman–Crippen MR) is 76.5 cm³/mol. The molecule has 0 saturated carbocycles. The molecule has 2 rings (SSSR count). The van der Waals surface area contributed by atoms with Crippen LogP contribution in [-0.2, 0) is 0 Å². The summed E-state index contributed by atoms with van der Waals surface area (Å²) in [7, 11) is 0. The molecule has 1 N–H and O–H groups in total. The van der Waals surface area contributed by atoms with Gasteiger partial charge < -0.3 is 5.32 Å². The molecule has 0 bridgehead atoms. The van der Waals surface area contributed by atoms with Gasteiger partial charge in [0.2, 0.25) is 0 Å². The Morgan fingerprint density at radius 3 is 2.67 bits per heavy atom. The molecule has 1 aliphatic heterocycles. The lowest BCUT2D eigenvalue weighted by Gasteiger charge is -2.19. The highest BCUT2D eigenvalue weighted by Gasteiger charge is 2.25. The minimum absolute atomic E-state index is 0.196. The highest BCUT2D eigenvalue weighted by Crippen LogP contribution is 2.32. The maximum absolute atomic E-state index is 11.0. The van der Waals surface area contributed by atoms with E-state index in [4.69, 9.17) is 0 Å². The largest absolute Gasteiger partial charge is 0.381 e. The third-order valence-corrected chi connectivity index (χ3v) is 4.78. The Balaban J connectivity index is 2.27. The molecule has 4 nitrogen and oxygen atoms in total. The van der Waals surface area contributed by atoms with E-state index >= 15 is 0 Å². The minimum atomic E-state index is -0.313. The summed E-state index contributed by atoms with van der Waals surface area (Å²) in [6.07, 6.45) is 1.12. The van der Waals surface area contributed by atoms with Crippen molar-refractivity contribution in [1.82, 2.24) is 0 Å². The SMILES string of the molecule is Cc1cc(C)c([N+](=O)[O-])cc1NC1CCSC1C. The van der Waals surface area contributed by atoms with Crippen molar-refractivity contribution in [3.05, 3.63) is 33.4 Å². The maximum Gasteiger partial charge on any atom is 0.274 e. The van der Waals surface area contributed by atoms with E-state index in [0.29, 0.717) is 11.3 Å². The molecular weight excluding hydrogens is 248 g/mol. The van der Waals surface area contributed by atoms with Gasteiger partial charge in [-0.3, -0.25) is 10.1 Å². The summed E-state index contributed by atoms with van der Waals surface area (Å²) >= 11 is 1.95. The van der Waals surface area contributed by atoms with Crippen molar-refractivity contribution in [2.75, 3.05) is 11.1 Å². The Bertz CT molecular complexity index is 476. The number of benzene rings is 1. The summed E-state index contributed by atoms with van der Waals surface area (Å²) in [5, 5.41) is 15.0. The van der Waals surface area contributed by atoms with Crippen molar-refractivity contribution in [2.24, 2.45) is 0 Å². The van der Waals surface area contributed by atoms with Crippen molar-refractivity contribution >= 4 is 23.1 Å². The van der Waals surface area contributed by atoms with Gasteiger partial charge in [0.1, 0.15) is 0 Å². The molecule has 0 radical (unpaired) electrons. The molecule has 1 aromatic carbocycles. The Kier molecular flexibility index (Phi) is 3.80. The van der Waals surface area contributed by atoms with Crippen LogP contribution in [-0.4, -0.2) is 22.0 Å². The molecule has 0 aliphatic carbocycles. The van der Waals surface area contributed by atoms with Crippen LogP contribution in [0.4, 0.5) is 11.4 Å². The second kappa shape index (κ2) is 5.18. The summed E-state index contributed by atoms with van der Waals surface area (Å²) < 4.78 is 0. The molecule has 98 valence electrons. The highest BCUT2D eigenvalue weighted by molar-refractivity contribution is 8.00. The van der Waals surface area contributed by atoms with E-state index in [9.17, 15) is 10.1 Å². The first-order valence-electron chi connectivity index (χ1n) is 6.13. The first-order valence-corrected chi connectivity index (χ1v) is 7.17. The number of hydrogen-bond acceptors (Lipinski definition) is 4. The van der Waals surface area contributed by atoms with Crippen molar-refractivity contribution in [3.63, 3.8) is 0 Å². The summed E-state index contributed by atoms with van der Waals surface area (Å²) in [5.74, 6) is 1.16. The molecule has 1 saturated heterocycles. The summed E-state index contributed by atoms with van der Waals surface area (Å²) in [6.45, 7) is 5.97. The van der Waals surface area contributed by atoms with Crippen molar-refractivity contribution in [2.45, 2.75) is 38.5 Å². The lowest BCUT2D eigenvalue weighted by atomic mass is 10.1. The Morgan fingerprint density at radius 1 is 1.39 bits per heavy atom. The van der Waals surface area contributed by atoms with Crippen LogP contribution < -0.4 is 5.32 Å². The van der Waals surface area contributed by atoms with Crippen LogP contribution in [0.1, 0.15) is 24.5 Å². The van der Waals surface area contributed by atoms with Crippen LogP contribution in [0.2, 0.25) is 0 Å². The Morgan fingerprint density at radius 2 is 2.11 bits per heavy atom. The van der Waals surface area contributed by atoms with Crippen molar-refractivity contribution in [1.29, 1.82) is 0 Å². The Labute approximate surface area is 111 Å². The van der Waals surface area contributed by atoms with Gasteiger partial charge in [0.05, 0.1) is 4.92 Å². The number of thioether (sulfide) groups is 1. The van der Waals surface area contributed by atoms with Crippen LogP contribution in [0.25, 0.3) is 0 Å². The number of nitro benzene ring substituents is 1. The highest BCUT2D eigenvalue weighted by atomic mass is 32.2. The number of nitro groups is 1. The number of aryl methyl sites for hydroxylation is 2. The average molecular weight is 266 g/mol. The summed E-state index contributed by atoms with van der Waals surface area (Å²) in [5.41, 5.74) is 2.88. The van der Waals surface area contributed by atoms with Crippen LogP contribution in [0.3, 0.4) is 0 Å². The van der Waals surface area contributed by atoms with E-state index in [0.717, 1.165) is 29.0 Å². The van der Waals surface area contributed by atoms with E-state index in [1.54, 1.807) is 13.0 Å². The molecule has 0 amide bonds. The number of hydrogen-bond donors (Lipinski definition) is 1. The molecule has 1 aliphatic rings. The molecular formula is C13H18N2O2S. The second-order valence-corrected chi connectivity index (χ2v) is 6.31. The zero-order valence-electron chi connectivity index (χ0n) is 10.9. The van der Waals surface area contributed by atoms with E-state index in [2.05, 4.69) is 12.2 Å². The van der Waals surface area contributed by atoms with Crippen molar-refractivity contribution < 1.29 is 4.92 Å². The quantitative estimate of drug-likeness (QED) is 0.672. The number of nitrogens with zero attached hydrogens (tertiary/aromatic N) is 1. The minimum Gasteiger partial charge on any atom is -0.381 e. The van der Waals surface area contributed by atoms with Crippen molar-refractivity contribution in [3.8, 4) is 0 Å². The molecule has 18 heavy (non-hydrogen) atoms. The van der Waals surface area contributed by atoms with E-state index < -0.39 is 0 Å². The topological polar surface area (TPSA) is 55.2 Å². The fraction of sp³-hybridized carbons (Fsp3) is 0.538. The van der Waals surface area contributed by atoms with Gasteiger partial charge in [-0.25, -0.2) is 0 Å². The lowest BCUT2D eigenvalue weighted by Crippen LogP contribution is -2.25. The van der Waals surface area contributed by atoms with Gasteiger partial charge in [0, 0.05) is 28.6 Å². The average Bonchev–Trinajstić information content (AvgIpc) is 2.67. The number of nitrogens with one attached hydrogen (secondary N) is 1. The third-order valence-electron chi connectivity index (χ3n) is 3.46. The zero-order chi connectivity index (χ0) is 13.3. The smallest absolute Gasteiger partial charge is 0.274 e. The first kappa shape index (κ1) is 13.2. The second-order valence-electron chi connectivity index (χ2n) is 4.83. The fourth-order valence-corrected chi connectivity index (χ4v) is 3.51. The third kappa shape index (κ3) is 2.61. The van der Waals surface area contributed by atoms with Gasteiger partial charge in [-0.1, -0.05) is 6.92 Å². The van der Waals surface area contributed by atoms with Gasteiger partial charge in [0.25, 0.3) is 5.69 Å². The monoisotopic (exact) mass is 266 g/mol. The van der Waals surface area contributed by atoms with E-state index in [1.807, 2.05) is 24.8 Å². The molecule has 0 aromatic heterocycles. The molecule has 2 unspecified atom stereocenters. The number of anilines is 1. The van der Waals surface area contributed by atoms with Crippen LogP contribution in [0, 0.1) is 24.0 Å². The van der Waals surface area contributed by atoms with Gasteiger partial charge in [-0.2, -0.15) is 11.8 Å². The molecule has 2 atom stereocenters. The van der Waals surface area contributed by atoms with Gasteiger partial charge >= 0.3 is 0 Å². The molecule has 1 fully saturated rings. The van der Waals surface area contributed by atoms with Gasteiger partial charge in [-0.15, -0.1) is 0 Å². The normalized spacial score (nSPS) is 23.1. The van der Waals surface area contributed by atoms with Crippen LogP contribution in [0.5, 0.6) is 0 Å². The standard InChI is InChI=1S/C13H18N2O2S/c1-8-6-9(2)13(15(16)17)7-12(8)14-11-4-5-18-10(11)3/h6-7,10-11,14H,4-5H2,1-3H3. The summed E-state index contributed by atoms with van der Waals surface area (Å²) in [4.78, 5) is 10.6. The fourth-order valence-electron chi connectivity index (χ4n) is 2.31. The molecule has 5 heteroatoms. The Hall–Kier alpha value is -1.23. The number of rotatable bonds is 3. The van der Waals surface area contributed by atoms with Crippen LogP contribution in [0.15, 0.2) is 12.1 Å². The summed E-state index contributed by atoms with van der Waals surface area (Å²) in [6, 6.07) is 3.96. The zero-order valence-corrected chi connectivity index (χ0v) is 11.7. The van der Waals surface area contributed by atoms with Crippen LogP contribution >= 0.6 is 11.8 Å². The maximum atomic E-state index is 11.0. The molecule has 1 aromatic rings.